The van der Waals surface area contributed by atoms with Gasteiger partial charge in [-0.1, -0.05) is 72.4 Å². The Morgan fingerprint density at radius 3 is 2.16 bits per heavy atom. The van der Waals surface area contributed by atoms with Crippen molar-refractivity contribution in [1.82, 2.24) is 10.2 Å². The van der Waals surface area contributed by atoms with E-state index in [1.807, 2.05) is 60.7 Å². The first-order valence-electron chi connectivity index (χ1n) is 9.71. The van der Waals surface area contributed by atoms with Crippen LogP contribution in [0.3, 0.4) is 0 Å². The van der Waals surface area contributed by atoms with Gasteiger partial charge < -0.3 is 13.9 Å². The van der Waals surface area contributed by atoms with Gasteiger partial charge in [-0.25, -0.2) is 0 Å². The Bertz CT molecular complexity index is 1100. The van der Waals surface area contributed by atoms with Gasteiger partial charge in [0.05, 0.1) is 6.42 Å². The molecule has 0 bridgehead atoms. The van der Waals surface area contributed by atoms with Crippen LogP contribution in [0.2, 0.25) is 0 Å². The van der Waals surface area contributed by atoms with Crippen molar-refractivity contribution in [2.75, 3.05) is 5.75 Å². The van der Waals surface area contributed by atoms with Crippen LogP contribution in [0.4, 0.5) is 0 Å². The molecule has 0 aliphatic rings. The van der Waals surface area contributed by atoms with Crippen LogP contribution in [-0.4, -0.2) is 21.9 Å². The molecule has 4 rings (SSSR count). The fourth-order valence-electron chi connectivity index (χ4n) is 2.76. The molecule has 7 heteroatoms. The second kappa shape index (κ2) is 10.4. The Hall–Kier alpha value is -3.58. The van der Waals surface area contributed by atoms with Gasteiger partial charge in [0.1, 0.15) is 23.9 Å². The number of benzene rings is 3. The summed E-state index contributed by atoms with van der Waals surface area (Å²) in [5.41, 5.74) is 2.17. The number of nitrogens with zero attached hydrogens (tertiary/aromatic N) is 2. The zero-order chi connectivity index (χ0) is 21.3. The maximum Gasteiger partial charge on any atom is 0.321 e. The number of ether oxygens (including phenoxy) is 2. The first kappa shape index (κ1) is 20.7. The van der Waals surface area contributed by atoms with Crippen molar-refractivity contribution in [3.8, 4) is 11.5 Å². The Kier molecular flexibility index (Phi) is 6.97. The van der Waals surface area contributed by atoms with Crippen LogP contribution in [0.5, 0.6) is 11.5 Å². The maximum atomic E-state index is 12.1. The molecule has 1 heterocycles. The quantitative estimate of drug-likeness (QED) is 0.211. The Balaban J connectivity index is 1.22. The third kappa shape index (κ3) is 6.45. The van der Waals surface area contributed by atoms with Crippen LogP contribution in [0.25, 0.3) is 0 Å². The molecule has 0 atom stereocenters. The van der Waals surface area contributed by atoms with E-state index in [0.717, 1.165) is 22.9 Å². The summed E-state index contributed by atoms with van der Waals surface area (Å²) in [4.78, 5) is 12.1. The number of aromatic nitrogens is 2. The highest BCUT2D eigenvalue weighted by atomic mass is 32.2. The van der Waals surface area contributed by atoms with Gasteiger partial charge in [-0.2, -0.15) is 0 Å². The number of rotatable bonds is 9. The van der Waals surface area contributed by atoms with Gasteiger partial charge in [-0.05, 0) is 35.4 Å². The lowest BCUT2D eigenvalue weighted by molar-refractivity contribution is -0.131. The summed E-state index contributed by atoms with van der Waals surface area (Å²) in [6.45, 7) is 0.479. The van der Waals surface area contributed by atoms with E-state index in [1.54, 1.807) is 24.3 Å². The van der Waals surface area contributed by atoms with E-state index >= 15 is 0 Å². The van der Waals surface area contributed by atoms with Crippen molar-refractivity contribution in [2.45, 2.75) is 18.3 Å². The van der Waals surface area contributed by atoms with E-state index in [9.17, 15) is 4.79 Å². The molecule has 0 N–H and O–H groups in total. The summed E-state index contributed by atoms with van der Waals surface area (Å²) < 4.78 is 16.7. The lowest BCUT2D eigenvalue weighted by atomic mass is 10.2. The minimum absolute atomic E-state index is 0.0687. The molecule has 6 nitrogen and oxygen atoms in total. The molecule has 0 spiro atoms. The third-order valence-corrected chi connectivity index (χ3v) is 5.06. The topological polar surface area (TPSA) is 74.5 Å². The molecule has 0 saturated heterocycles. The van der Waals surface area contributed by atoms with Crippen molar-refractivity contribution in [3.05, 3.63) is 102 Å². The number of carbonyl (C=O) groups is 1. The molecule has 0 radical (unpaired) electrons. The summed E-state index contributed by atoms with van der Waals surface area (Å²) in [7, 11) is 0. The van der Waals surface area contributed by atoms with Crippen LogP contribution in [-0.2, 0) is 17.8 Å². The lowest BCUT2D eigenvalue weighted by Crippen LogP contribution is -2.10. The molecular weight excluding hydrogens is 412 g/mol. The molecular formula is C24H20N2O4S. The summed E-state index contributed by atoms with van der Waals surface area (Å²) in [5.74, 6) is 1.33. The van der Waals surface area contributed by atoms with Crippen LogP contribution < -0.4 is 9.47 Å². The lowest BCUT2D eigenvalue weighted by Gasteiger charge is -2.07. The Morgan fingerprint density at radius 2 is 1.45 bits per heavy atom. The molecule has 156 valence electrons. The first-order chi connectivity index (χ1) is 15.2. The molecule has 0 saturated carbocycles. The smallest absolute Gasteiger partial charge is 0.321 e. The molecule has 31 heavy (non-hydrogen) atoms. The molecule has 0 aliphatic heterocycles. The largest absolute Gasteiger partial charge is 0.489 e. The Labute approximate surface area is 184 Å². The number of esters is 1. The molecule has 0 amide bonds. The molecule has 1 aromatic heterocycles. The maximum absolute atomic E-state index is 12.1. The van der Waals surface area contributed by atoms with E-state index in [1.165, 1.54) is 0 Å². The van der Waals surface area contributed by atoms with Gasteiger partial charge in [0.25, 0.3) is 5.22 Å². The average molecular weight is 433 g/mol. The first-order valence-corrected chi connectivity index (χ1v) is 10.7. The van der Waals surface area contributed by atoms with Gasteiger partial charge >= 0.3 is 5.97 Å². The fraction of sp³-hybridized carbons (Fsp3) is 0.125. The standard InChI is InChI=1S/C24H20N2O4S/c27-23(17-31-24-26-25-22(30-24)15-18-7-3-1-4-8-18)29-21-13-11-20(12-14-21)28-16-19-9-5-2-6-10-19/h1-14H,15-17H2. The van der Waals surface area contributed by atoms with E-state index in [2.05, 4.69) is 10.2 Å². The van der Waals surface area contributed by atoms with E-state index in [4.69, 9.17) is 13.9 Å². The highest BCUT2D eigenvalue weighted by Crippen LogP contribution is 2.21. The fourth-order valence-corrected chi connectivity index (χ4v) is 3.32. The van der Waals surface area contributed by atoms with Crippen molar-refractivity contribution >= 4 is 17.7 Å². The predicted octanol–water partition coefficient (Wildman–Crippen LogP) is 4.94. The number of hydrogen-bond donors (Lipinski definition) is 0. The molecule has 3 aromatic carbocycles. The normalized spacial score (nSPS) is 10.6. The van der Waals surface area contributed by atoms with Crippen LogP contribution >= 0.6 is 11.8 Å². The number of hydrogen-bond acceptors (Lipinski definition) is 7. The SMILES string of the molecule is O=C(CSc1nnc(Cc2ccccc2)o1)Oc1ccc(OCc2ccccc2)cc1. The molecule has 0 unspecified atom stereocenters. The summed E-state index contributed by atoms with van der Waals surface area (Å²) in [6.07, 6.45) is 0.553. The van der Waals surface area contributed by atoms with E-state index in [-0.39, 0.29) is 5.75 Å². The number of carbonyl (C=O) groups excluding carboxylic acids is 1. The van der Waals surface area contributed by atoms with Crippen molar-refractivity contribution in [3.63, 3.8) is 0 Å². The summed E-state index contributed by atoms with van der Waals surface area (Å²) in [6, 6.07) is 26.7. The minimum Gasteiger partial charge on any atom is -0.489 e. The van der Waals surface area contributed by atoms with Gasteiger partial charge in [0.15, 0.2) is 0 Å². The van der Waals surface area contributed by atoms with Crippen molar-refractivity contribution in [1.29, 1.82) is 0 Å². The van der Waals surface area contributed by atoms with Gasteiger partial charge in [0.2, 0.25) is 5.89 Å². The molecule has 0 fully saturated rings. The van der Waals surface area contributed by atoms with Gasteiger partial charge in [-0.3, -0.25) is 4.79 Å². The molecule has 0 aliphatic carbocycles. The predicted molar refractivity (Wildman–Crippen MR) is 117 cm³/mol. The number of thioether (sulfide) groups is 1. The summed E-state index contributed by atoms with van der Waals surface area (Å²) in [5, 5.41) is 8.33. The van der Waals surface area contributed by atoms with Crippen LogP contribution in [0.15, 0.2) is 94.6 Å². The highest BCUT2D eigenvalue weighted by molar-refractivity contribution is 7.99. The monoisotopic (exact) mass is 432 g/mol. The van der Waals surface area contributed by atoms with E-state index in [0.29, 0.717) is 35.6 Å². The van der Waals surface area contributed by atoms with E-state index < -0.39 is 5.97 Å². The second-order valence-corrected chi connectivity index (χ2v) is 7.56. The van der Waals surface area contributed by atoms with Crippen molar-refractivity contribution < 1.29 is 18.7 Å². The zero-order valence-electron chi connectivity index (χ0n) is 16.6. The average Bonchev–Trinajstić information content (AvgIpc) is 3.26. The summed E-state index contributed by atoms with van der Waals surface area (Å²) >= 11 is 1.15. The van der Waals surface area contributed by atoms with Crippen molar-refractivity contribution in [2.24, 2.45) is 0 Å². The second-order valence-electron chi connectivity index (χ2n) is 6.63. The minimum atomic E-state index is -0.397. The Morgan fingerprint density at radius 1 is 0.806 bits per heavy atom. The van der Waals surface area contributed by atoms with Crippen LogP contribution in [0.1, 0.15) is 17.0 Å². The van der Waals surface area contributed by atoms with Crippen LogP contribution in [0, 0.1) is 0 Å². The third-order valence-electron chi connectivity index (χ3n) is 4.26. The zero-order valence-corrected chi connectivity index (χ0v) is 17.5. The van der Waals surface area contributed by atoms with Gasteiger partial charge in [-0.15, -0.1) is 10.2 Å². The molecule has 4 aromatic rings. The highest BCUT2D eigenvalue weighted by Gasteiger charge is 2.12. The van der Waals surface area contributed by atoms with Gasteiger partial charge in [0, 0.05) is 0 Å².